The van der Waals surface area contributed by atoms with Crippen LogP contribution in [0.4, 0.5) is 11.8 Å². The maximum atomic E-state index is 9.39. The Labute approximate surface area is 155 Å². The minimum absolute atomic E-state index is 0.213. The lowest BCUT2D eigenvalue weighted by molar-refractivity contribution is 0.212. The van der Waals surface area contributed by atoms with Crippen molar-refractivity contribution >= 4 is 11.8 Å². The molecule has 0 saturated carbocycles. The average molecular weight is 358 g/mol. The molecule has 1 atom stereocenters. The van der Waals surface area contributed by atoms with Crippen LogP contribution in [0.3, 0.4) is 0 Å². The summed E-state index contributed by atoms with van der Waals surface area (Å²) < 4.78 is 5.85. The third-order valence-electron chi connectivity index (χ3n) is 4.28. The number of nitrogens with zero attached hydrogens (tertiary/aromatic N) is 2. The topological polar surface area (TPSA) is 93.3 Å². The second kappa shape index (κ2) is 11.3. The van der Waals surface area contributed by atoms with Gasteiger partial charge < -0.3 is 20.9 Å². The highest BCUT2D eigenvalue weighted by Gasteiger charge is 2.10. The largest absolute Gasteiger partial charge is 0.488 e. The van der Waals surface area contributed by atoms with Gasteiger partial charge in [-0.05, 0) is 37.2 Å². The quantitative estimate of drug-likeness (QED) is 0.504. The molecule has 2 rings (SSSR count). The van der Waals surface area contributed by atoms with E-state index in [1.807, 2.05) is 18.2 Å². The smallest absolute Gasteiger partial charge is 0.222 e. The molecular formula is C20H30N4O2. The zero-order valence-electron chi connectivity index (χ0n) is 15.5. The maximum Gasteiger partial charge on any atom is 0.222 e. The third-order valence-corrected chi connectivity index (χ3v) is 4.28. The van der Waals surface area contributed by atoms with Crippen molar-refractivity contribution < 1.29 is 9.84 Å². The predicted molar refractivity (Wildman–Crippen MR) is 105 cm³/mol. The zero-order chi connectivity index (χ0) is 18.6. The molecule has 4 N–H and O–H groups in total. The van der Waals surface area contributed by atoms with Gasteiger partial charge in [0.2, 0.25) is 5.95 Å². The Morgan fingerprint density at radius 2 is 2.04 bits per heavy atom. The van der Waals surface area contributed by atoms with Crippen LogP contribution < -0.4 is 15.8 Å². The van der Waals surface area contributed by atoms with E-state index in [0.29, 0.717) is 30.6 Å². The van der Waals surface area contributed by atoms with Crippen molar-refractivity contribution in [2.45, 2.75) is 39.0 Å². The van der Waals surface area contributed by atoms with E-state index in [0.717, 1.165) is 32.1 Å². The number of rotatable bonds is 12. The highest BCUT2D eigenvalue weighted by Crippen LogP contribution is 2.22. The Bertz CT molecular complexity index is 637. The third kappa shape index (κ3) is 6.88. The Morgan fingerprint density at radius 1 is 1.23 bits per heavy atom. The first-order valence-electron chi connectivity index (χ1n) is 9.37. The number of aliphatic hydroxyl groups excluding tert-OH is 1. The van der Waals surface area contributed by atoms with Gasteiger partial charge in [-0.25, -0.2) is 4.98 Å². The summed E-state index contributed by atoms with van der Waals surface area (Å²) in [6, 6.07) is 10.3. The van der Waals surface area contributed by atoms with Gasteiger partial charge in [0.15, 0.2) is 11.6 Å². The highest BCUT2D eigenvalue weighted by atomic mass is 16.5. The van der Waals surface area contributed by atoms with E-state index < -0.39 is 0 Å². The lowest BCUT2D eigenvalue weighted by Crippen LogP contribution is -2.14. The molecule has 0 unspecified atom stereocenters. The van der Waals surface area contributed by atoms with Gasteiger partial charge in [-0.3, -0.25) is 0 Å². The van der Waals surface area contributed by atoms with Crippen LogP contribution in [-0.4, -0.2) is 34.8 Å². The van der Waals surface area contributed by atoms with Crippen molar-refractivity contribution in [2.24, 2.45) is 5.92 Å². The number of nitrogens with one attached hydrogen (secondary N) is 1. The molecule has 6 heteroatoms. The number of aliphatic hydroxyl groups is 1. The monoisotopic (exact) mass is 358 g/mol. The first-order chi connectivity index (χ1) is 12.7. The van der Waals surface area contributed by atoms with Gasteiger partial charge in [-0.2, -0.15) is 4.98 Å². The van der Waals surface area contributed by atoms with Crippen LogP contribution in [0.25, 0.3) is 0 Å². The first kappa shape index (κ1) is 20.0. The molecule has 0 amide bonds. The molecule has 0 radical (unpaired) electrons. The van der Waals surface area contributed by atoms with Crippen molar-refractivity contribution in [3.8, 4) is 5.75 Å². The zero-order valence-corrected chi connectivity index (χ0v) is 15.5. The Hall–Kier alpha value is -2.34. The summed E-state index contributed by atoms with van der Waals surface area (Å²) >= 11 is 0. The molecule has 0 fully saturated rings. The second-order valence-electron chi connectivity index (χ2n) is 6.43. The Kier molecular flexibility index (Phi) is 8.69. The van der Waals surface area contributed by atoms with Crippen LogP contribution in [0.15, 0.2) is 36.5 Å². The van der Waals surface area contributed by atoms with E-state index in [-0.39, 0.29) is 12.6 Å². The fraction of sp³-hybridized carbons (Fsp3) is 0.500. The van der Waals surface area contributed by atoms with Gasteiger partial charge in [0.1, 0.15) is 0 Å². The molecule has 1 heterocycles. The van der Waals surface area contributed by atoms with Gasteiger partial charge in [0.25, 0.3) is 0 Å². The molecule has 0 aliphatic carbocycles. The van der Waals surface area contributed by atoms with Crippen LogP contribution in [0.1, 0.15) is 38.2 Å². The normalized spacial score (nSPS) is 11.9. The van der Waals surface area contributed by atoms with E-state index in [4.69, 9.17) is 10.5 Å². The van der Waals surface area contributed by atoms with Crippen LogP contribution >= 0.6 is 0 Å². The van der Waals surface area contributed by atoms with E-state index in [2.05, 4.69) is 34.3 Å². The maximum absolute atomic E-state index is 9.39. The molecule has 0 saturated heterocycles. The van der Waals surface area contributed by atoms with Gasteiger partial charge in [0.05, 0.1) is 12.8 Å². The molecule has 0 aliphatic heterocycles. The number of hydrogen-bond donors (Lipinski definition) is 3. The molecule has 26 heavy (non-hydrogen) atoms. The average Bonchev–Trinajstić information content (AvgIpc) is 2.66. The summed E-state index contributed by atoms with van der Waals surface area (Å²) in [7, 11) is 0. The van der Waals surface area contributed by atoms with E-state index >= 15 is 0 Å². The van der Waals surface area contributed by atoms with Crippen LogP contribution in [0.5, 0.6) is 5.75 Å². The van der Waals surface area contributed by atoms with Crippen molar-refractivity contribution in [2.75, 3.05) is 30.8 Å². The number of nitrogens with two attached hydrogens (primary N) is 1. The summed E-state index contributed by atoms with van der Waals surface area (Å²) in [5.74, 6) is 1.76. The molecular weight excluding hydrogens is 328 g/mol. The Balaban J connectivity index is 1.82. The van der Waals surface area contributed by atoms with Crippen molar-refractivity contribution in [3.63, 3.8) is 0 Å². The van der Waals surface area contributed by atoms with Gasteiger partial charge in [-0.1, -0.05) is 43.7 Å². The molecule has 6 nitrogen and oxygen atoms in total. The van der Waals surface area contributed by atoms with E-state index in [1.165, 1.54) is 5.56 Å². The highest BCUT2D eigenvalue weighted by molar-refractivity contribution is 5.51. The molecule has 1 aromatic carbocycles. The van der Waals surface area contributed by atoms with Crippen molar-refractivity contribution in [1.29, 1.82) is 0 Å². The second-order valence-corrected chi connectivity index (χ2v) is 6.43. The van der Waals surface area contributed by atoms with E-state index in [1.54, 1.807) is 6.20 Å². The molecule has 142 valence electrons. The molecule has 2 aromatic rings. The Morgan fingerprint density at radius 3 is 2.77 bits per heavy atom. The number of nitrogen functional groups attached to an aromatic ring is 1. The predicted octanol–water partition coefficient (Wildman–Crippen LogP) is 3.28. The van der Waals surface area contributed by atoms with Crippen molar-refractivity contribution in [1.82, 2.24) is 9.97 Å². The fourth-order valence-electron chi connectivity index (χ4n) is 2.85. The van der Waals surface area contributed by atoms with Gasteiger partial charge >= 0.3 is 0 Å². The fourth-order valence-corrected chi connectivity index (χ4v) is 2.85. The van der Waals surface area contributed by atoms with Gasteiger partial charge in [0, 0.05) is 13.2 Å². The summed E-state index contributed by atoms with van der Waals surface area (Å²) in [6.45, 7) is 3.64. The molecule has 0 spiro atoms. The van der Waals surface area contributed by atoms with Crippen LogP contribution in [-0.2, 0) is 6.42 Å². The molecule has 1 aromatic heterocycles. The lowest BCUT2D eigenvalue weighted by atomic mass is 10.0. The standard InChI is InChI=1S/C20H30N4O2/c1-2-7-17(15-25)11-12-22-19-18(14-23-20(21)24-19)26-13-6-10-16-8-4-3-5-9-16/h3-5,8-9,14,17,25H,2,6-7,10-13,15H2,1H3,(H3,21,22,23,24)/t17-/m1/s1. The molecule has 0 aliphatic rings. The molecule has 0 bridgehead atoms. The SMILES string of the molecule is CCC[C@@H](CO)CCNc1nc(N)ncc1OCCCc1ccccc1. The summed E-state index contributed by atoms with van der Waals surface area (Å²) in [5.41, 5.74) is 7.01. The van der Waals surface area contributed by atoms with Gasteiger partial charge in [-0.15, -0.1) is 0 Å². The number of aromatic nitrogens is 2. The lowest BCUT2D eigenvalue weighted by Gasteiger charge is -2.15. The van der Waals surface area contributed by atoms with Crippen LogP contribution in [0.2, 0.25) is 0 Å². The number of anilines is 2. The summed E-state index contributed by atoms with van der Waals surface area (Å²) in [4.78, 5) is 8.27. The summed E-state index contributed by atoms with van der Waals surface area (Å²) in [5, 5.41) is 12.7. The number of aryl methyl sites for hydroxylation is 1. The number of hydrogen-bond acceptors (Lipinski definition) is 6. The minimum atomic E-state index is 0.213. The summed E-state index contributed by atoms with van der Waals surface area (Å²) in [6.07, 6.45) is 6.46. The van der Waals surface area contributed by atoms with Crippen LogP contribution in [0, 0.1) is 5.92 Å². The number of ether oxygens (including phenoxy) is 1. The van der Waals surface area contributed by atoms with E-state index in [9.17, 15) is 5.11 Å². The first-order valence-corrected chi connectivity index (χ1v) is 9.37. The minimum Gasteiger partial charge on any atom is -0.488 e. The number of benzene rings is 1. The van der Waals surface area contributed by atoms with Crippen molar-refractivity contribution in [3.05, 3.63) is 42.1 Å².